The van der Waals surface area contributed by atoms with E-state index in [1.807, 2.05) is 18.2 Å². The third-order valence-corrected chi connectivity index (χ3v) is 3.87. The van der Waals surface area contributed by atoms with Gasteiger partial charge in [0.05, 0.1) is 21.3 Å². The van der Waals surface area contributed by atoms with E-state index in [1.165, 1.54) is 14.2 Å². The Hall–Kier alpha value is -2.57. The zero-order valence-corrected chi connectivity index (χ0v) is 13.3. The Bertz CT molecular complexity index is 614. The highest BCUT2D eigenvalue weighted by Crippen LogP contribution is 2.30. The summed E-state index contributed by atoms with van der Waals surface area (Å²) in [4.78, 5) is 37.0. The van der Waals surface area contributed by atoms with Crippen molar-refractivity contribution in [3.63, 3.8) is 0 Å². The molecule has 2 amide bonds. The highest BCUT2D eigenvalue weighted by atomic mass is 16.5. The van der Waals surface area contributed by atoms with Gasteiger partial charge in [-0.15, -0.1) is 0 Å². The minimum Gasteiger partial charge on any atom is -0.497 e. The second-order valence-corrected chi connectivity index (χ2v) is 5.21. The molecule has 7 heteroatoms. The molecule has 1 aliphatic heterocycles. The molecule has 1 saturated heterocycles. The summed E-state index contributed by atoms with van der Waals surface area (Å²) >= 11 is 0. The number of nitrogens with zero attached hydrogens (tertiary/aromatic N) is 1. The number of imide groups is 1. The lowest BCUT2D eigenvalue weighted by Gasteiger charge is -2.18. The summed E-state index contributed by atoms with van der Waals surface area (Å²) < 4.78 is 14.4. The molecule has 0 saturated carbocycles. The van der Waals surface area contributed by atoms with E-state index in [1.54, 1.807) is 13.2 Å². The maximum atomic E-state index is 12.5. The fraction of sp³-hybridized carbons (Fsp3) is 0.438. The molecule has 0 spiro atoms. The van der Waals surface area contributed by atoms with Gasteiger partial charge in [0.1, 0.15) is 11.8 Å². The van der Waals surface area contributed by atoms with Gasteiger partial charge in [-0.3, -0.25) is 4.79 Å². The van der Waals surface area contributed by atoms with Gasteiger partial charge in [-0.1, -0.05) is 12.1 Å². The molecule has 23 heavy (non-hydrogen) atoms. The van der Waals surface area contributed by atoms with E-state index >= 15 is 0 Å². The van der Waals surface area contributed by atoms with Gasteiger partial charge >= 0.3 is 12.1 Å². The number of benzene rings is 1. The van der Waals surface area contributed by atoms with Crippen LogP contribution in [0.25, 0.3) is 0 Å². The highest BCUT2D eigenvalue weighted by Gasteiger charge is 2.47. The van der Waals surface area contributed by atoms with Crippen molar-refractivity contribution in [1.29, 1.82) is 0 Å². The van der Waals surface area contributed by atoms with Crippen LogP contribution in [0.15, 0.2) is 24.3 Å². The number of ether oxygens (including phenoxy) is 3. The molecule has 1 fully saturated rings. The molecule has 0 aliphatic carbocycles. The quantitative estimate of drug-likeness (QED) is 0.780. The van der Waals surface area contributed by atoms with E-state index in [9.17, 15) is 14.4 Å². The molecule has 1 aliphatic rings. The molecule has 1 aromatic carbocycles. The number of esters is 1. The third-order valence-electron chi connectivity index (χ3n) is 3.87. The zero-order chi connectivity index (χ0) is 17.0. The lowest BCUT2D eigenvalue weighted by Crippen LogP contribution is -2.43. The highest BCUT2D eigenvalue weighted by molar-refractivity contribution is 6.00. The minimum absolute atomic E-state index is 0.206. The van der Waals surface area contributed by atoms with Crippen molar-refractivity contribution < 1.29 is 28.6 Å². The van der Waals surface area contributed by atoms with Gasteiger partial charge in [-0.2, -0.15) is 0 Å². The lowest BCUT2D eigenvalue weighted by molar-refractivity contribution is -0.148. The molecule has 7 nitrogen and oxygen atoms in total. The van der Waals surface area contributed by atoms with Crippen molar-refractivity contribution in [3.8, 4) is 5.75 Å². The number of hydrogen-bond donors (Lipinski definition) is 0. The molecular formula is C16H19NO6. The van der Waals surface area contributed by atoms with Gasteiger partial charge in [0.25, 0.3) is 0 Å². The van der Waals surface area contributed by atoms with Gasteiger partial charge in [0.15, 0.2) is 0 Å². The normalized spacial score (nSPS) is 20.3. The second kappa shape index (κ2) is 7.13. The predicted octanol–water partition coefficient (Wildman–Crippen LogP) is 1.39. The Morgan fingerprint density at radius 2 is 1.96 bits per heavy atom. The largest absolute Gasteiger partial charge is 0.497 e. The molecule has 2 atom stereocenters. The molecule has 1 heterocycles. The Kier molecular flexibility index (Phi) is 5.20. The summed E-state index contributed by atoms with van der Waals surface area (Å²) in [5.41, 5.74) is 0.887. The average molecular weight is 321 g/mol. The first-order valence-corrected chi connectivity index (χ1v) is 7.13. The van der Waals surface area contributed by atoms with Gasteiger partial charge in [-0.25, -0.2) is 14.5 Å². The van der Waals surface area contributed by atoms with Crippen LogP contribution in [0, 0.1) is 5.92 Å². The Labute approximate surface area is 134 Å². The van der Waals surface area contributed by atoms with Crippen molar-refractivity contribution in [2.75, 3.05) is 21.3 Å². The summed E-state index contributed by atoms with van der Waals surface area (Å²) in [6.07, 6.45) is -0.243. The smallest absolute Gasteiger partial charge is 0.417 e. The van der Waals surface area contributed by atoms with E-state index in [2.05, 4.69) is 9.47 Å². The monoisotopic (exact) mass is 321 g/mol. The maximum absolute atomic E-state index is 12.5. The summed E-state index contributed by atoms with van der Waals surface area (Å²) in [6, 6.07) is 6.36. The van der Waals surface area contributed by atoms with E-state index in [-0.39, 0.29) is 6.42 Å². The van der Waals surface area contributed by atoms with Crippen molar-refractivity contribution >= 4 is 18.0 Å². The van der Waals surface area contributed by atoms with E-state index < -0.39 is 29.9 Å². The van der Waals surface area contributed by atoms with E-state index in [0.717, 1.165) is 10.5 Å². The van der Waals surface area contributed by atoms with Crippen LogP contribution < -0.4 is 4.74 Å². The predicted molar refractivity (Wildman–Crippen MR) is 79.9 cm³/mol. The number of hydrogen-bond acceptors (Lipinski definition) is 6. The number of amides is 2. The number of rotatable bonds is 4. The summed E-state index contributed by atoms with van der Waals surface area (Å²) in [5.74, 6) is -0.875. The number of methoxy groups -OCH3 is 3. The van der Waals surface area contributed by atoms with Crippen molar-refractivity contribution in [2.24, 2.45) is 5.92 Å². The van der Waals surface area contributed by atoms with Crippen LogP contribution in [0.4, 0.5) is 4.79 Å². The SMILES string of the molecule is COC(=O)[C@@H]1C[C@@H](Cc2cccc(OC)c2)C(=O)N1C(=O)OC. The van der Waals surface area contributed by atoms with Crippen LogP contribution >= 0.6 is 0 Å². The Morgan fingerprint density at radius 1 is 1.22 bits per heavy atom. The first-order chi connectivity index (χ1) is 11.0. The van der Waals surface area contributed by atoms with Gasteiger partial charge in [0.2, 0.25) is 5.91 Å². The number of carbonyl (C=O) groups is 3. The summed E-state index contributed by atoms with van der Waals surface area (Å²) in [6.45, 7) is 0. The molecule has 2 rings (SSSR count). The first kappa shape index (κ1) is 16.8. The van der Waals surface area contributed by atoms with Crippen LogP contribution in [0.2, 0.25) is 0 Å². The summed E-state index contributed by atoms with van der Waals surface area (Å²) in [5, 5.41) is 0. The van der Waals surface area contributed by atoms with Crippen LogP contribution in [-0.2, 0) is 25.5 Å². The molecule has 0 radical (unpaired) electrons. The molecule has 124 valence electrons. The topological polar surface area (TPSA) is 82.1 Å². The maximum Gasteiger partial charge on any atom is 0.417 e. The summed E-state index contributed by atoms with van der Waals surface area (Å²) in [7, 11) is 3.95. The molecular weight excluding hydrogens is 302 g/mol. The minimum atomic E-state index is -0.949. The van der Waals surface area contributed by atoms with E-state index in [0.29, 0.717) is 12.2 Å². The first-order valence-electron chi connectivity index (χ1n) is 7.13. The van der Waals surface area contributed by atoms with Crippen molar-refractivity contribution in [2.45, 2.75) is 18.9 Å². The average Bonchev–Trinajstić information content (AvgIpc) is 2.90. The van der Waals surface area contributed by atoms with Crippen molar-refractivity contribution in [3.05, 3.63) is 29.8 Å². The lowest BCUT2D eigenvalue weighted by atomic mass is 9.96. The number of carbonyl (C=O) groups excluding carboxylic acids is 3. The third kappa shape index (κ3) is 3.44. The zero-order valence-electron chi connectivity index (χ0n) is 13.3. The van der Waals surface area contributed by atoms with Gasteiger partial charge in [0, 0.05) is 5.92 Å². The molecule has 0 aromatic heterocycles. The fourth-order valence-corrected chi connectivity index (χ4v) is 2.73. The van der Waals surface area contributed by atoms with E-state index in [4.69, 9.17) is 4.74 Å². The Balaban J connectivity index is 2.21. The molecule has 0 N–H and O–H groups in total. The van der Waals surface area contributed by atoms with Crippen LogP contribution in [0.1, 0.15) is 12.0 Å². The van der Waals surface area contributed by atoms with Crippen LogP contribution in [0.5, 0.6) is 5.75 Å². The molecule has 0 bridgehead atoms. The molecule has 1 aromatic rings. The van der Waals surface area contributed by atoms with Crippen LogP contribution in [-0.4, -0.2) is 50.2 Å². The van der Waals surface area contributed by atoms with Crippen LogP contribution in [0.3, 0.4) is 0 Å². The van der Waals surface area contributed by atoms with Gasteiger partial charge < -0.3 is 14.2 Å². The number of likely N-dealkylation sites (tertiary alicyclic amines) is 1. The second-order valence-electron chi connectivity index (χ2n) is 5.21. The Morgan fingerprint density at radius 3 is 2.57 bits per heavy atom. The fourth-order valence-electron chi connectivity index (χ4n) is 2.73. The molecule has 0 unspecified atom stereocenters. The van der Waals surface area contributed by atoms with Crippen molar-refractivity contribution in [1.82, 2.24) is 4.90 Å². The standard InChI is InChI=1S/C16H19NO6/c1-21-12-6-4-5-10(8-12)7-11-9-13(15(19)22-2)17(14(11)18)16(20)23-3/h4-6,8,11,13H,7,9H2,1-3H3/t11-,13+/m1/s1. The van der Waals surface area contributed by atoms with Gasteiger partial charge in [-0.05, 0) is 30.5 Å².